The molecule has 0 amide bonds. The van der Waals surface area contributed by atoms with Crippen LogP contribution < -0.4 is 10.1 Å². The molecule has 1 saturated heterocycles. The van der Waals surface area contributed by atoms with E-state index in [4.69, 9.17) is 4.74 Å². The first kappa shape index (κ1) is 13.3. The van der Waals surface area contributed by atoms with Crippen molar-refractivity contribution < 1.29 is 9.13 Å². The zero-order chi connectivity index (χ0) is 13.2. The molecule has 0 aliphatic carbocycles. The van der Waals surface area contributed by atoms with Gasteiger partial charge >= 0.3 is 0 Å². The van der Waals surface area contributed by atoms with E-state index in [9.17, 15) is 4.39 Å². The Bertz CT molecular complexity index is 414. The fourth-order valence-corrected chi connectivity index (χ4v) is 2.62. The molecule has 0 bridgehead atoms. The van der Waals surface area contributed by atoms with Crippen molar-refractivity contribution in [3.63, 3.8) is 0 Å². The number of halogens is 1. The predicted molar refractivity (Wildman–Crippen MR) is 70.6 cm³/mol. The van der Waals surface area contributed by atoms with E-state index >= 15 is 0 Å². The van der Waals surface area contributed by atoms with E-state index in [1.165, 1.54) is 7.11 Å². The highest BCUT2D eigenvalue weighted by Gasteiger charge is 2.36. The maximum absolute atomic E-state index is 13.7. The largest absolute Gasteiger partial charge is 0.494 e. The lowest BCUT2D eigenvalue weighted by molar-refractivity contribution is 0.172. The molecule has 18 heavy (non-hydrogen) atoms. The van der Waals surface area contributed by atoms with Gasteiger partial charge in [0.1, 0.15) is 0 Å². The van der Waals surface area contributed by atoms with Gasteiger partial charge in [0.25, 0.3) is 0 Å². The van der Waals surface area contributed by atoms with Gasteiger partial charge in [0.15, 0.2) is 11.6 Å². The van der Waals surface area contributed by atoms with Crippen LogP contribution in [0.15, 0.2) is 18.2 Å². The molecule has 0 spiro atoms. The second kappa shape index (κ2) is 5.24. The third kappa shape index (κ3) is 2.49. The lowest BCUT2D eigenvalue weighted by atomic mass is 9.88. The molecule has 1 aliphatic rings. The Morgan fingerprint density at radius 3 is 2.72 bits per heavy atom. The minimum atomic E-state index is -0.283. The Hall–Kier alpha value is -1.13. The molecular formula is C14H21FN2O. The van der Waals surface area contributed by atoms with Crippen LogP contribution in [-0.4, -0.2) is 44.7 Å². The van der Waals surface area contributed by atoms with Crippen molar-refractivity contribution in [3.8, 4) is 5.75 Å². The van der Waals surface area contributed by atoms with E-state index < -0.39 is 0 Å². The molecule has 3 nitrogen and oxygen atoms in total. The minimum absolute atomic E-state index is 0.0982. The first-order chi connectivity index (χ1) is 8.57. The lowest BCUT2D eigenvalue weighted by Gasteiger charge is -2.36. The van der Waals surface area contributed by atoms with Crippen molar-refractivity contribution in [2.75, 3.05) is 34.3 Å². The predicted octanol–water partition coefficient (Wildman–Crippen LogP) is 1.67. The summed E-state index contributed by atoms with van der Waals surface area (Å²) < 4.78 is 18.6. The Kier molecular flexibility index (Phi) is 3.88. The van der Waals surface area contributed by atoms with Crippen molar-refractivity contribution >= 4 is 0 Å². The molecule has 1 N–H and O–H groups in total. The van der Waals surface area contributed by atoms with Gasteiger partial charge in [-0.2, -0.15) is 0 Å². The average molecular weight is 252 g/mol. The summed E-state index contributed by atoms with van der Waals surface area (Å²) in [4.78, 5) is 2.25. The summed E-state index contributed by atoms with van der Waals surface area (Å²) in [5.41, 5.74) is 1.12. The summed E-state index contributed by atoms with van der Waals surface area (Å²) in [5, 5.41) is 3.39. The van der Waals surface area contributed by atoms with Gasteiger partial charge in [-0.3, -0.25) is 0 Å². The van der Waals surface area contributed by atoms with Gasteiger partial charge in [0.2, 0.25) is 0 Å². The van der Waals surface area contributed by atoms with Crippen molar-refractivity contribution in [3.05, 3.63) is 29.6 Å². The first-order valence-corrected chi connectivity index (χ1v) is 6.28. The van der Waals surface area contributed by atoms with Crippen LogP contribution in [0.25, 0.3) is 0 Å². The van der Waals surface area contributed by atoms with Gasteiger partial charge in [-0.05, 0) is 51.2 Å². The average Bonchev–Trinajstić information content (AvgIpc) is 2.79. The van der Waals surface area contributed by atoms with E-state index in [1.54, 1.807) is 12.1 Å². The topological polar surface area (TPSA) is 24.5 Å². The molecule has 1 aromatic rings. The summed E-state index contributed by atoms with van der Waals surface area (Å²) in [6.45, 7) is 1.98. The maximum atomic E-state index is 13.7. The van der Waals surface area contributed by atoms with E-state index in [2.05, 4.69) is 24.3 Å². The molecule has 0 saturated carbocycles. The smallest absolute Gasteiger partial charge is 0.165 e. The zero-order valence-corrected chi connectivity index (χ0v) is 11.3. The molecular weight excluding hydrogens is 231 g/mol. The van der Waals surface area contributed by atoms with Gasteiger partial charge in [0, 0.05) is 12.1 Å². The standard InChI is InChI=1S/C14H21FN2O/c1-17(2)14(6-7-16-10-14)9-11-4-5-13(18-3)12(15)8-11/h4-5,8,16H,6-7,9-10H2,1-3H3. The van der Waals surface area contributed by atoms with Crippen LogP contribution in [0, 0.1) is 5.82 Å². The summed E-state index contributed by atoms with van der Waals surface area (Å²) in [5.74, 6) is 0.0251. The third-order valence-electron chi connectivity index (χ3n) is 3.92. The normalized spacial score (nSPS) is 23.6. The number of nitrogens with zero attached hydrogens (tertiary/aromatic N) is 1. The Morgan fingerprint density at radius 2 is 2.22 bits per heavy atom. The monoisotopic (exact) mass is 252 g/mol. The van der Waals surface area contributed by atoms with Gasteiger partial charge < -0.3 is 15.0 Å². The molecule has 1 aromatic carbocycles. The number of hydrogen-bond acceptors (Lipinski definition) is 3. The number of nitrogens with one attached hydrogen (secondary N) is 1. The van der Waals surface area contributed by atoms with Gasteiger partial charge in [0.05, 0.1) is 7.11 Å². The molecule has 1 fully saturated rings. The van der Waals surface area contributed by atoms with Crippen molar-refractivity contribution in [2.45, 2.75) is 18.4 Å². The highest BCUT2D eigenvalue weighted by atomic mass is 19.1. The fraction of sp³-hybridized carbons (Fsp3) is 0.571. The summed E-state index contributed by atoms with van der Waals surface area (Å²) in [7, 11) is 5.67. The third-order valence-corrected chi connectivity index (χ3v) is 3.92. The summed E-state index contributed by atoms with van der Waals surface area (Å²) in [6.07, 6.45) is 1.95. The number of hydrogen-bond donors (Lipinski definition) is 1. The molecule has 1 heterocycles. The van der Waals surface area contributed by atoms with Crippen molar-refractivity contribution in [2.24, 2.45) is 0 Å². The highest BCUT2D eigenvalue weighted by Crippen LogP contribution is 2.27. The number of ether oxygens (including phenoxy) is 1. The first-order valence-electron chi connectivity index (χ1n) is 6.28. The van der Waals surface area contributed by atoms with Crippen LogP contribution in [0.3, 0.4) is 0 Å². The molecule has 0 radical (unpaired) electrons. The SMILES string of the molecule is COc1ccc(CC2(N(C)C)CCNC2)cc1F. The molecule has 2 rings (SSSR count). The van der Waals surface area contributed by atoms with E-state index in [0.29, 0.717) is 5.75 Å². The van der Waals surface area contributed by atoms with E-state index in [-0.39, 0.29) is 11.4 Å². The molecule has 0 aromatic heterocycles. The second-order valence-corrected chi connectivity index (χ2v) is 5.19. The summed E-state index contributed by atoms with van der Waals surface area (Å²) >= 11 is 0. The number of rotatable bonds is 4. The minimum Gasteiger partial charge on any atom is -0.494 e. The van der Waals surface area contributed by atoms with E-state index in [1.807, 2.05) is 6.07 Å². The maximum Gasteiger partial charge on any atom is 0.165 e. The molecule has 1 unspecified atom stereocenters. The van der Waals surface area contributed by atoms with Crippen molar-refractivity contribution in [1.29, 1.82) is 0 Å². The second-order valence-electron chi connectivity index (χ2n) is 5.19. The van der Waals surface area contributed by atoms with Crippen molar-refractivity contribution in [1.82, 2.24) is 10.2 Å². The fourth-order valence-electron chi connectivity index (χ4n) is 2.62. The molecule has 1 aliphatic heterocycles. The lowest BCUT2D eigenvalue weighted by Crippen LogP contribution is -2.47. The van der Waals surface area contributed by atoms with E-state index in [0.717, 1.165) is 31.5 Å². The Balaban J connectivity index is 2.19. The quantitative estimate of drug-likeness (QED) is 0.882. The van der Waals surface area contributed by atoms with Gasteiger partial charge in [-0.1, -0.05) is 6.07 Å². The van der Waals surface area contributed by atoms with Crippen LogP contribution in [0.5, 0.6) is 5.75 Å². The van der Waals surface area contributed by atoms with Crippen LogP contribution in [-0.2, 0) is 6.42 Å². The van der Waals surface area contributed by atoms with Gasteiger partial charge in [-0.25, -0.2) is 4.39 Å². The van der Waals surface area contributed by atoms with Crippen LogP contribution in [0.4, 0.5) is 4.39 Å². The molecule has 100 valence electrons. The van der Waals surface area contributed by atoms with Crippen LogP contribution in [0.2, 0.25) is 0 Å². The highest BCUT2D eigenvalue weighted by molar-refractivity contribution is 5.30. The summed E-state index contributed by atoms with van der Waals surface area (Å²) in [6, 6.07) is 5.24. The Morgan fingerprint density at radius 1 is 1.44 bits per heavy atom. The van der Waals surface area contributed by atoms with Gasteiger partial charge in [-0.15, -0.1) is 0 Å². The number of benzene rings is 1. The Labute approximate surface area is 108 Å². The number of methoxy groups -OCH3 is 1. The molecule has 1 atom stereocenters. The van der Waals surface area contributed by atoms with Crippen LogP contribution in [0.1, 0.15) is 12.0 Å². The number of likely N-dealkylation sites (N-methyl/N-ethyl adjacent to an activating group) is 1. The zero-order valence-electron chi connectivity index (χ0n) is 11.3. The van der Waals surface area contributed by atoms with Crippen LogP contribution >= 0.6 is 0 Å². The molecule has 4 heteroatoms.